The maximum atomic E-state index is 10.9. The van der Waals surface area contributed by atoms with E-state index in [1.54, 1.807) is 0 Å². The summed E-state index contributed by atoms with van der Waals surface area (Å²) in [4.78, 5) is 22.5. The van der Waals surface area contributed by atoms with Crippen molar-refractivity contribution in [2.24, 2.45) is 0 Å². The van der Waals surface area contributed by atoms with Crippen LogP contribution in [0.2, 0.25) is 0 Å². The van der Waals surface area contributed by atoms with Gasteiger partial charge < -0.3 is 25.3 Å². The smallest absolute Gasteiger partial charge is 0.407 e. The van der Waals surface area contributed by atoms with Crippen molar-refractivity contribution in [2.75, 3.05) is 37.4 Å². The minimum atomic E-state index is -1.03. The van der Waals surface area contributed by atoms with E-state index in [2.05, 4.69) is 15.3 Å². The summed E-state index contributed by atoms with van der Waals surface area (Å²) in [5.74, 6) is 1.15. The van der Waals surface area contributed by atoms with Crippen molar-refractivity contribution in [1.29, 1.82) is 0 Å². The van der Waals surface area contributed by atoms with Crippen molar-refractivity contribution in [3.63, 3.8) is 0 Å². The molecule has 1 aliphatic heterocycles. The minimum Gasteiger partial charge on any atom is -0.465 e. The van der Waals surface area contributed by atoms with Crippen LogP contribution >= 0.6 is 0 Å². The Morgan fingerprint density at radius 1 is 1.45 bits per heavy atom. The number of aryl methyl sites for hydroxylation is 1. The third kappa shape index (κ3) is 3.08. The number of aliphatic hydroxyl groups excluding tert-OH is 1. The molecule has 110 valence electrons. The standard InChI is InChI=1S/C12H19N5O3/c1-7-4-10(16(2)3)15-11(13-7)14-8-5-17(12(19)20)6-9(8)18/h4,8-9,18H,5-6H2,1-3H3,(H,19,20)(H,13,14,15). The lowest BCUT2D eigenvalue weighted by molar-refractivity contribution is 0.139. The minimum absolute atomic E-state index is 0.0966. The van der Waals surface area contributed by atoms with Crippen LogP contribution in [0.3, 0.4) is 0 Å². The number of hydrogen-bond donors (Lipinski definition) is 3. The van der Waals surface area contributed by atoms with Crippen molar-refractivity contribution < 1.29 is 15.0 Å². The molecule has 2 rings (SSSR count). The Balaban J connectivity index is 2.12. The van der Waals surface area contributed by atoms with Gasteiger partial charge in [-0.2, -0.15) is 4.98 Å². The summed E-state index contributed by atoms with van der Waals surface area (Å²) in [5, 5.41) is 21.8. The first-order valence-electron chi connectivity index (χ1n) is 6.32. The maximum Gasteiger partial charge on any atom is 0.407 e. The van der Waals surface area contributed by atoms with Gasteiger partial charge in [-0.05, 0) is 6.92 Å². The highest BCUT2D eigenvalue weighted by atomic mass is 16.4. The van der Waals surface area contributed by atoms with E-state index >= 15 is 0 Å². The number of carboxylic acid groups (broad SMARTS) is 1. The van der Waals surface area contributed by atoms with Crippen LogP contribution in [0.1, 0.15) is 5.69 Å². The number of nitrogens with one attached hydrogen (secondary N) is 1. The number of hydrogen-bond acceptors (Lipinski definition) is 6. The van der Waals surface area contributed by atoms with Crippen molar-refractivity contribution in [1.82, 2.24) is 14.9 Å². The number of rotatable bonds is 3. The third-order valence-corrected chi connectivity index (χ3v) is 3.17. The molecular weight excluding hydrogens is 262 g/mol. The molecule has 3 N–H and O–H groups in total. The SMILES string of the molecule is Cc1cc(N(C)C)nc(NC2CN(C(=O)O)CC2O)n1. The van der Waals surface area contributed by atoms with Crippen LogP contribution in [0.4, 0.5) is 16.6 Å². The molecule has 8 nitrogen and oxygen atoms in total. The van der Waals surface area contributed by atoms with Gasteiger partial charge in [-0.25, -0.2) is 9.78 Å². The van der Waals surface area contributed by atoms with Gasteiger partial charge in [0.2, 0.25) is 5.95 Å². The van der Waals surface area contributed by atoms with E-state index < -0.39 is 18.2 Å². The van der Waals surface area contributed by atoms with Gasteiger partial charge in [0.05, 0.1) is 18.7 Å². The number of carbonyl (C=O) groups is 1. The Morgan fingerprint density at radius 3 is 2.70 bits per heavy atom. The number of aliphatic hydroxyl groups is 1. The fourth-order valence-electron chi connectivity index (χ4n) is 2.10. The molecule has 2 heterocycles. The van der Waals surface area contributed by atoms with E-state index in [4.69, 9.17) is 5.11 Å². The Morgan fingerprint density at radius 2 is 2.15 bits per heavy atom. The topological polar surface area (TPSA) is 102 Å². The van der Waals surface area contributed by atoms with E-state index in [9.17, 15) is 9.90 Å². The van der Waals surface area contributed by atoms with Gasteiger partial charge >= 0.3 is 6.09 Å². The fourth-order valence-corrected chi connectivity index (χ4v) is 2.10. The molecule has 0 aliphatic carbocycles. The average molecular weight is 281 g/mol. The van der Waals surface area contributed by atoms with Crippen LogP contribution in [-0.4, -0.2) is 70.5 Å². The zero-order chi connectivity index (χ0) is 14.9. The van der Waals surface area contributed by atoms with Crippen LogP contribution in [0.25, 0.3) is 0 Å². The van der Waals surface area contributed by atoms with Crippen molar-refractivity contribution in [3.05, 3.63) is 11.8 Å². The van der Waals surface area contributed by atoms with E-state index in [-0.39, 0.29) is 13.1 Å². The Labute approximate surface area is 117 Å². The molecule has 0 saturated carbocycles. The summed E-state index contributed by atoms with van der Waals surface area (Å²) >= 11 is 0. The first-order valence-corrected chi connectivity index (χ1v) is 6.32. The molecule has 1 fully saturated rings. The number of aromatic nitrogens is 2. The van der Waals surface area contributed by atoms with Gasteiger partial charge in [-0.1, -0.05) is 0 Å². The average Bonchev–Trinajstić information content (AvgIpc) is 2.70. The molecule has 8 heteroatoms. The third-order valence-electron chi connectivity index (χ3n) is 3.17. The Bertz CT molecular complexity index is 508. The lowest BCUT2D eigenvalue weighted by atomic mass is 10.2. The fraction of sp³-hybridized carbons (Fsp3) is 0.583. The van der Waals surface area contributed by atoms with Gasteiger partial charge in [0, 0.05) is 32.4 Å². The second-order valence-corrected chi connectivity index (χ2v) is 5.09. The number of amides is 1. The normalized spacial score (nSPS) is 21.9. The predicted molar refractivity (Wildman–Crippen MR) is 74.1 cm³/mol. The number of likely N-dealkylation sites (tertiary alicyclic amines) is 1. The van der Waals surface area contributed by atoms with Gasteiger partial charge in [0.25, 0.3) is 0 Å². The molecule has 2 unspecified atom stereocenters. The number of anilines is 2. The largest absolute Gasteiger partial charge is 0.465 e. The molecular formula is C12H19N5O3. The molecule has 2 atom stereocenters. The molecule has 1 aromatic rings. The van der Waals surface area contributed by atoms with Crippen molar-refractivity contribution in [2.45, 2.75) is 19.1 Å². The first kappa shape index (κ1) is 14.3. The molecule has 20 heavy (non-hydrogen) atoms. The molecule has 0 aromatic carbocycles. The Hall–Kier alpha value is -2.09. The van der Waals surface area contributed by atoms with Crippen LogP contribution in [0.15, 0.2) is 6.07 Å². The van der Waals surface area contributed by atoms with Crippen molar-refractivity contribution >= 4 is 17.9 Å². The second kappa shape index (κ2) is 5.49. The quantitative estimate of drug-likeness (QED) is 0.716. The first-order chi connectivity index (χ1) is 9.36. The van der Waals surface area contributed by atoms with E-state index in [0.717, 1.165) is 11.5 Å². The molecule has 0 radical (unpaired) electrons. The highest BCUT2D eigenvalue weighted by Gasteiger charge is 2.34. The van der Waals surface area contributed by atoms with Gasteiger partial charge in [0.15, 0.2) is 0 Å². The number of nitrogens with zero attached hydrogens (tertiary/aromatic N) is 4. The van der Waals surface area contributed by atoms with Crippen LogP contribution in [0.5, 0.6) is 0 Å². The van der Waals surface area contributed by atoms with Crippen LogP contribution in [0, 0.1) is 6.92 Å². The van der Waals surface area contributed by atoms with Crippen molar-refractivity contribution in [3.8, 4) is 0 Å². The monoisotopic (exact) mass is 281 g/mol. The molecule has 1 aromatic heterocycles. The molecule has 1 saturated heterocycles. The highest BCUT2D eigenvalue weighted by molar-refractivity contribution is 5.65. The number of β-amino-alcohol motifs (C(OH)–C–C–N with tert-alkyl or cyclic N) is 1. The van der Waals surface area contributed by atoms with Crippen LogP contribution < -0.4 is 10.2 Å². The lowest BCUT2D eigenvalue weighted by Gasteiger charge is -2.18. The van der Waals surface area contributed by atoms with Gasteiger partial charge in [-0.15, -0.1) is 0 Å². The van der Waals surface area contributed by atoms with E-state index in [1.165, 1.54) is 4.90 Å². The molecule has 1 amide bonds. The van der Waals surface area contributed by atoms with E-state index in [0.29, 0.717) is 5.95 Å². The summed E-state index contributed by atoms with van der Waals surface area (Å²) in [6, 6.07) is 1.45. The molecule has 1 aliphatic rings. The maximum absolute atomic E-state index is 10.9. The van der Waals surface area contributed by atoms with E-state index in [1.807, 2.05) is 32.0 Å². The molecule has 0 spiro atoms. The zero-order valence-electron chi connectivity index (χ0n) is 11.7. The van der Waals surface area contributed by atoms with Crippen LogP contribution in [-0.2, 0) is 0 Å². The van der Waals surface area contributed by atoms with Gasteiger partial charge in [-0.3, -0.25) is 0 Å². The summed E-state index contributed by atoms with van der Waals surface area (Å²) in [7, 11) is 3.75. The Kier molecular flexibility index (Phi) is 3.93. The summed E-state index contributed by atoms with van der Waals surface area (Å²) < 4.78 is 0. The lowest BCUT2D eigenvalue weighted by Crippen LogP contribution is -2.33. The zero-order valence-corrected chi connectivity index (χ0v) is 11.7. The predicted octanol–water partition coefficient (Wildman–Crippen LogP) is -0.0140. The van der Waals surface area contributed by atoms with Gasteiger partial charge in [0.1, 0.15) is 5.82 Å². The summed E-state index contributed by atoms with van der Waals surface area (Å²) in [5.41, 5.74) is 0.800. The molecule has 0 bridgehead atoms. The highest BCUT2D eigenvalue weighted by Crippen LogP contribution is 2.17. The summed E-state index contributed by atoms with van der Waals surface area (Å²) in [6.07, 6.45) is -1.80. The second-order valence-electron chi connectivity index (χ2n) is 5.09. The summed E-state index contributed by atoms with van der Waals surface area (Å²) in [6.45, 7) is 2.17.